The Kier molecular flexibility index (Phi) is 3.84. The summed E-state index contributed by atoms with van der Waals surface area (Å²) in [6, 6.07) is 10.3. The second-order valence-electron chi connectivity index (χ2n) is 5.74. The van der Waals surface area contributed by atoms with Crippen molar-refractivity contribution in [1.82, 2.24) is 14.5 Å². The van der Waals surface area contributed by atoms with Crippen LogP contribution in [0.25, 0.3) is 11.0 Å². The molecule has 22 heavy (non-hydrogen) atoms. The van der Waals surface area contributed by atoms with Gasteiger partial charge in [0.2, 0.25) is 0 Å². The van der Waals surface area contributed by atoms with Crippen LogP contribution < -0.4 is 5.56 Å². The molecule has 0 aliphatic carbocycles. The Morgan fingerprint density at radius 3 is 2.59 bits per heavy atom. The van der Waals surface area contributed by atoms with Gasteiger partial charge in [0.05, 0.1) is 5.39 Å². The number of nitrogens with zero attached hydrogens (tertiary/aromatic N) is 2. The summed E-state index contributed by atoms with van der Waals surface area (Å²) in [7, 11) is 0. The molecule has 114 valence electrons. The maximum atomic E-state index is 12.4. The molecule has 2 heterocycles. The minimum absolute atomic E-state index is 0.0270. The molecule has 4 heteroatoms. The predicted octanol–water partition coefficient (Wildman–Crippen LogP) is 3.34. The minimum atomic E-state index is -0.0270. The third-order valence-electron chi connectivity index (χ3n) is 4.20. The van der Waals surface area contributed by atoms with Gasteiger partial charge in [0.15, 0.2) is 0 Å². The Labute approximate surface area is 129 Å². The SMILES string of the molecule is CCCc1nc2c(c(C)c(C)n2Cc2ccccc2)c(=O)[nH]1. The first kappa shape index (κ1) is 14.6. The van der Waals surface area contributed by atoms with Gasteiger partial charge in [-0.3, -0.25) is 4.79 Å². The van der Waals surface area contributed by atoms with Gasteiger partial charge < -0.3 is 9.55 Å². The monoisotopic (exact) mass is 295 g/mol. The highest BCUT2D eigenvalue weighted by Crippen LogP contribution is 2.22. The van der Waals surface area contributed by atoms with E-state index in [1.807, 2.05) is 25.1 Å². The van der Waals surface area contributed by atoms with Crippen molar-refractivity contribution >= 4 is 11.0 Å². The fourth-order valence-corrected chi connectivity index (χ4v) is 2.90. The van der Waals surface area contributed by atoms with Crippen LogP contribution in [0.1, 0.15) is 36.0 Å². The molecule has 0 saturated carbocycles. The molecule has 0 unspecified atom stereocenters. The highest BCUT2D eigenvalue weighted by atomic mass is 16.1. The largest absolute Gasteiger partial charge is 0.325 e. The van der Waals surface area contributed by atoms with Crippen LogP contribution in [0.3, 0.4) is 0 Å². The second kappa shape index (κ2) is 5.79. The van der Waals surface area contributed by atoms with E-state index in [2.05, 4.69) is 35.5 Å². The third kappa shape index (κ3) is 2.45. The van der Waals surface area contributed by atoms with Crippen LogP contribution >= 0.6 is 0 Å². The third-order valence-corrected chi connectivity index (χ3v) is 4.20. The van der Waals surface area contributed by atoms with E-state index in [1.54, 1.807) is 0 Å². The molecule has 3 rings (SSSR count). The maximum absolute atomic E-state index is 12.4. The molecule has 0 saturated heterocycles. The normalized spacial score (nSPS) is 11.2. The first-order valence-corrected chi connectivity index (χ1v) is 7.74. The lowest BCUT2D eigenvalue weighted by atomic mass is 10.2. The Morgan fingerprint density at radius 1 is 1.18 bits per heavy atom. The fourth-order valence-electron chi connectivity index (χ4n) is 2.90. The first-order valence-electron chi connectivity index (χ1n) is 7.74. The molecule has 0 fully saturated rings. The molecule has 0 atom stereocenters. The topological polar surface area (TPSA) is 50.7 Å². The van der Waals surface area contributed by atoms with Crippen LogP contribution in [-0.4, -0.2) is 14.5 Å². The molecule has 1 aromatic carbocycles. The zero-order valence-corrected chi connectivity index (χ0v) is 13.3. The van der Waals surface area contributed by atoms with Gasteiger partial charge in [0, 0.05) is 18.7 Å². The van der Waals surface area contributed by atoms with Gasteiger partial charge in [-0.2, -0.15) is 0 Å². The molecule has 2 aromatic heterocycles. The van der Waals surface area contributed by atoms with Crippen molar-refractivity contribution in [3.05, 3.63) is 63.3 Å². The van der Waals surface area contributed by atoms with Gasteiger partial charge in [-0.25, -0.2) is 4.98 Å². The van der Waals surface area contributed by atoms with Gasteiger partial charge in [-0.1, -0.05) is 37.3 Å². The number of hydrogen-bond donors (Lipinski definition) is 1. The van der Waals surface area contributed by atoms with Crippen LogP contribution in [0.15, 0.2) is 35.1 Å². The molecular formula is C18H21N3O. The van der Waals surface area contributed by atoms with Crippen LogP contribution in [0, 0.1) is 13.8 Å². The van der Waals surface area contributed by atoms with Crippen LogP contribution in [0.4, 0.5) is 0 Å². The molecule has 1 N–H and O–H groups in total. The van der Waals surface area contributed by atoms with Gasteiger partial charge in [-0.05, 0) is 31.4 Å². The first-order chi connectivity index (χ1) is 10.6. The van der Waals surface area contributed by atoms with Crippen LogP contribution in [0.5, 0.6) is 0 Å². The number of aromatic amines is 1. The van der Waals surface area contributed by atoms with Crippen molar-refractivity contribution < 1.29 is 0 Å². The minimum Gasteiger partial charge on any atom is -0.325 e. The second-order valence-corrected chi connectivity index (χ2v) is 5.74. The molecular weight excluding hydrogens is 274 g/mol. The van der Waals surface area contributed by atoms with Gasteiger partial charge in [0.25, 0.3) is 5.56 Å². The van der Waals surface area contributed by atoms with Crippen molar-refractivity contribution in [3.8, 4) is 0 Å². The number of nitrogens with one attached hydrogen (secondary N) is 1. The number of aromatic nitrogens is 3. The van der Waals surface area contributed by atoms with E-state index in [4.69, 9.17) is 4.98 Å². The van der Waals surface area contributed by atoms with E-state index >= 15 is 0 Å². The van der Waals surface area contributed by atoms with Gasteiger partial charge in [0.1, 0.15) is 11.5 Å². The number of hydrogen-bond acceptors (Lipinski definition) is 2. The summed E-state index contributed by atoms with van der Waals surface area (Å²) < 4.78 is 2.15. The zero-order valence-electron chi connectivity index (χ0n) is 13.3. The summed E-state index contributed by atoms with van der Waals surface area (Å²) in [5, 5.41) is 0.716. The lowest BCUT2D eigenvalue weighted by Gasteiger charge is -2.08. The number of rotatable bonds is 4. The molecule has 0 spiro atoms. The number of fused-ring (bicyclic) bond motifs is 1. The summed E-state index contributed by atoms with van der Waals surface area (Å²) >= 11 is 0. The maximum Gasteiger partial charge on any atom is 0.260 e. The molecule has 0 aliphatic heterocycles. The van der Waals surface area contributed by atoms with Crippen molar-refractivity contribution in [2.45, 2.75) is 40.2 Å². The summed E-state index contributed by atoms with van der Waals surface area (Å²) in [5.41, 5.74) is 4.10. The molecule has 3 aromatic rings. The summed E-state index contributed by atoms with van der Waals surface area (Å²) in [6.07, 6.45) is 1.76. The summed E-state index contributed by atoms with van der Waals surface area (Å²) in [4.78, 5) is 20.0. The van der Waals surface area contributed by atoms with Crippen molar-refractivity contribution in [2.24, 2.45) is 0 Å². The standard InChI is InChI=1S/C18H21N3O/c1-4-8-15-19-17-16(18(22)20-15)12(2)13(3)21(17)11-14-9-6-5-7-10-14/h5-7,9-10H,4,8,11H2,1-3H3,(H,19,20,22). The predicted molar refractivity (Wildman–Crippen MR) is 89.4 cm³/mol. The van der Waals surface area contributed by atoms with Gasteiger partial charge >= 0.3 is 0 Å². The average molecular weight is 295 g/mol. The lowest BCUT2D eigenvalue weighted by Crippen LogP contribution is -2.13. The number of benzene rings is 1. The van der Waals surface area contributed by atoms with E-state index in [-0.39, 0.29) is 5.56 Å². The smallest absolute Gasteiger partial charge is 0.260 e. The molecule has 0 radical (unpaired) electrons. The Balaban J connectivity index is 2.20. The Bertz CT molecular complexity index is 859. The van der Waals surface area contributed by atoms with Crippen LogP contribution in [0.2, 0.25) is 0 Å². The fraction of sp³-hybridized carbons (Fsp3) is 0.333. The molecule has 0 amide bonds. The van der Waals surface area contributed by atoms with Crippen LogP contribution in [-0.2, 0) is 13.0 Å². The lowest BCUT2D eigenvalue weighted by molar-refractivity contribution is 0.774. The molecule has 0 aliphatic rings. The highest BCUT2D eigenvalue weighted by Gasteiger charge is 2.16. The Hall–Kier alpha value is -2.36. The van der Waals surface area contributed by atoms with E-state index in [9.17, 15) is 4.79 Å². The van der Waals surface area contributed by atoms with Crippen molar-refractivity contribution in [3.63, 3.8) is 0 Å². The highest BCUT2D eigenvalue weighted by molar-refractivity contribution is 5.81. The molecule has 0 bridgehead atoms. The van der Waals surface area contributed by atoms with Crippen molar-refractivity contribution in [1.29, 1.82) is 0 Å². The van der Waals surface area contributed by atoms with Crippen molar-refractivity contribution in [2.75, 3.05) is 0 Å². The zero-order chi connectivity index (χ0) is 15.7. The quantitative estimate of drug-likeness (QED) is 0.802. The van der Waals surface area contributed by atoms with Gasteiger partial charge in [-0.15, -0.1) is 0 Å². The average Bonchev–Trinajstić information content (AvgIpc) is 2.74. The number of H-pyrrole nitrogens is 1. The number of aryl methyl sites for hydroxylation is 2. The van der Waals surface area contributed by atoms with E-state index in [0.29, 0.717) is 5.39 Å². The Morgan fingerprint density at radius 2 is 1.91 bits per heavy atom. The summed E-state index contributed by atoms with van der Waals surface area (Å²) in [6.45, 7) is 6.87. The van der Waals surface area contributed by atoms with E-state index in [1.165, 1.54) is 5.56 Å². The molecule has 4 nitrogen and oxygen atoms in total. The summed E-state index contributed by atoms with van der Waals surface area (Å²) in [5.74, 6) is 0.770. The van der Waals surface area contributed by atoms with E-state index in [0.717, 1.165) is 42.1 Å². The van der Waals surface area contributed by atoms with E-state index < -0.39 is 0 Å².